The van der Waals surface area contributed by atoms with E-state index in [2.05, 4.69) is 25.7 Å². The smallest absolute Gasteiger partial charge is 0.0757 e. The number of hydrogen-bond donors (Lipinski definition) is 1. The molecule has 15 heavy (non-hydrogen) atoms. The van der Waals surface area contributed by atoms with Gasteiger partial charge in [-0.15, -0.1) is 0 Å². The highest BCUT2D eigenvalue weighted by Crippen LogP contribution is 2.45. The Balaban J connectivity index is 1.92. The van der Waals surface area contributed by atoms with Crippen molar-refractivity contribution < 1.29 is 4.74 Å². The molecule has 3 nitrogen and oxygen atoms in total. The minimum Gasteiger partial charge on any atom is -0.370 e. The summed E-state index contributed by atoms with van der Waals surface area (Å²) in [6, 6.07) is 0. The highest BCUT2D eigenvalue weighted by Gasteiger charge is 2.44. The fourth-order valence-corrected chi connectivity index (χ4v) is 2.78. The number of ether oxygens (including phenoxy) is 1. The van der Waals surface area contributed by atoms with Crippen LogP contribution in [-0.4, -0.2) is 42.8 Å². The van der Waals surface area contributed by atoms with Gasteiger partial charge in [0.1, 0.15) is 0 Å². The molecule has 0 radical (unpaired) electrons. The van der Waals surface area contributed by atoms with Gasteiger partial charge in [-0.05, 0) is 45.6 Å². The molecule has 0 amide bonds. The maximum Gasteiger partial charge on any atom is 0.0757 e. The number of rotatable bonds is 3. The SMILES string of the molecule is CC1CN(CC2(CN)CC2)CC(C)(C)O1. The van der Waals surface area contributed by atoms with Crippen LogP contribution < -0.4 is 5.73 Å². The minimum atomic E-state index is 0.00233. The van der Waals surface area contributed by atoms with Crippen LogP contribution in [0.2, 0.25) is 0 Å². The van der Waals surface area contributed by atoms with Crippen molar-refractivity contribution in [3.8, 4) is 0 Å². The standard InChI is InChI=1S/C12H24N2O/c1-10-6-14(8-11(2,3)15-10)9-12(7-13)4-5-12/h10H,4-9,13H2,1-3H3. The summed E-state index contributed by atoms with van der Waals surface area (Å²) in [6.07, 6.45) is 2.98. The number of morpholine rings is 1. The third kappa shape index (κ3) is 2.71. The van der Waals surface area contributed by atoms with Crippen molar-refractivity contribution >= 4 is 0 Å². The van der Waals surface area contributed by atoms with Crippen LogP contribution in [0.3, 0.4) is 0 Å². The van der Waals surface area contributed by atoms with Crippen LogP contribution in [0.1, 0.15) is 33.6 Å². The van der Waals surface area contributed by atoms with Crippen molar-refractivity contribution in [2.45, 2.75) is 45.3 Å². The Bertz CT molecular complexity index is 236. The van der Waals surface area contributed by atoms with Crippen molar-refractivity contribution in [3.05, 3.63) is 0 Å². The molecular formula is C12H24N2O. The monoisotopic (exact) mass is 212 g/mol. The zero-order valence-corrected chi connectivity index (χ0v) is 10.3. The molecule has 2 rings (SSSR count). The normalized spacial score (nSPS) is 34.0. The van der Waals surface area contributed by atoms with Crippen LogP contribution in [0.5, 0.6) is 0 Å². The number of nitrogens with zero attached hydrogens (tertiary/aromatic N) is 1. The van der Waals surface area contributed by atoms with Crippen molar-refractivity contribution in [2.24, 2.45) is 11.1 Å². The van der Waals surface area contributed by atoms with Gasteiger partial charge in [-0.2, -0.15) is 0 Å². The fourth-order valence-electron chi connectivity index (χ4n) is 2.78. The van der Waals surface area contributed by atoms with E-state index in [9.17, 15) is 0 Å². The molecule has 1 heterocycles. The zero-order valence-electron chi connectivity index (χ0n) is 10.3. The molecule has 0 bridgehead atoms. The van der Waals surface area contributed by atoms with Crippen LogP contribution in [0.15, 0.2) is 0 Å². The molecule has 1 saturated carbocycles. The maximum atomic E-state index is 5.90. The first kappa shape index (κ1) is 11.4. The Kier molecular flexibility index (Phi) is 2.82. The molecule has 2 aliphatic rings. The molecule has 88 valence electrons. The van der Waals surface area contributed by atoms with Gasteiger partial charge in [0.2, 0.25) is 0 Å². The van der Waals surface area contributed by atoms with Gasteiger partial charge in [0.05, 0.1) is 11.7 Å². The average molecular weight is 212 g/mol. The quantitative estimate of drug-likeness (QED) is 0.764. The molecule has 1 aliphatic carbocycles. The Morgan fingerprint density at radius 3 is 2.53 bits per heavy atom. The topological polar surface area (TPSA) is 38.5 Å². The van der Waals surface area contributed by atoms with Gasteiger partial charge in [-0.3, -0.25) is 4.90 Å². The van der Waals surface area contributed by atoms with Crippen LogP contribution >= 0.6 is 0 Å². The predicted molar refractivity (Wildman–Crippen MR) is 61.8 cm³/mol. The lowest BCUT2D eigenvalue weighted by molar-refractivity contribution is -0.131. The highest BCUT2D eigenvalue weighted by atomic mass is 16.5. The van der Waals surface area contributed by atoms with E-state index in [1.807, 2.05) is 0 Å². The van der Waals surface area contributed by atoms with Crippen LogP contribution in [0, 0.1) is 5.41 Å². The van der Waals surface area contributed by atoms with Gasteiger partial charge in [0, 0.05) is 19.6 Å². The molecular weight excluding hydrogens is 188 g/mol. The second-order valence-corrected chi connectivity index (χ2v) is 6.06. The van der Waals surface area contributed by atoms with E-state index in [0.717, 1.165) is 19.6 Å². The van der Waals surface area contributed by atoms with E-state index in [1.165, 1.54) is 19.4 Å². The Labute approximate surface area is 93.0 Å². The summed E-state index contributed by atoms with van der Waals surface area (Å²) in [6.45, 7) is 10.6. The Morgan fingerprint density at radius 1 is 1.40 bits per heavy atom. The third-order valence-corrected chi connectivity index (χ3v) is 3.59. The summed E-state index contributed by atoms with van der Waals surface area (Å²) < 4.78 is 5.90. The van der Waals surface area contributed by atoms with Gasteiger partial charge >= 0.3 is 0 Å². The molecule has 0 aromatic carbocycles. The van der Waals surface area contributed by atoms with E-state index in [0.29, 0.717) is 11.5 Å². The molecule has 1 aliphatic heterocycles. The molecule has 0 aromatic heterocycles. The van der Waals surface area contributed by atoms with Crippen molar-refractivity contribution in [1.29, 1.82) is 0 Å². The first-order valence-electron chi connectivity index (χ1n) is 6.05. The van der Waals surface area contributed by atoms with E-state index < -0.39 is 0 Å². The lowest BCUT2D eigenvalue weighted by Gasteiger charge is -2.43. The predicted octanol–water partition coefficient (Wildman–Crippen LogP) is 1.22. The molecule has 3 heteroatoms. The lowest BCUT2D eigenvalue weighted by atomic mass is 10.0. The van der Waals surface area contributed by atoms with Gasteiger partial charge in [0.25, 0.3) is 0 Å². The van der Waals surface area contributed by atoms with Gasteiger partial charge in [0.15, 0.2) is 0 Å². The summed E-state index contributed by atoms with van der Waals surface area (Å²) in [5.74, 6) is 0. The summed E-state index contributed by atoms with van der Waals surface area (Å²) in [4.78, 5) is 2.54. The Hall–Kier alpha value is -0.120. The summed E-state index contributed by atoms with van der Waals surface area (Å²) >= 11 is 0. The fraction of sp³-hybridized carbons (Fsp3) is 1.00. The van der Waals surface area contributed by atoms with Crippen LogP contribution in [0.25, 0.3) is 0 Å². The molecule has 2 fully saturated rings. The van der Waals surface area contributed by atoms with Crippen molar-refractivity contribution in [3.63, 3.8) is 0 Å². The molecule has 1 saturated heterocycles. The molecule has 2 N–H and O–H groups in total. The maximum absolute atomic E-state index is 5.90. The summed E-state index contributed by atoms with van der Waals surface area (Å²) in [5, 5.41) is 0. The van der Waals surface area contributed by atoms with Crippen molar-refractivity contribution in [2.75, 3.05) is 26.2 Å². The molecule has 1 atom stereocenters. The molecule has 0 aromatic rings. The largest absolute Gasteiger partial charge is 0.370 e. The minimum absolute atomic E-state index is 0.00233. The van der Waals surface area contributed by atoms with Gasteiger partial charge < -0.3 is 10.5 Å². The second-order valence-electron chi connectivity index (χ2n) is 6.06. The van der Waals surface area contributed by atoms with Gasteiger partial charge in [-0.1, -0.05) is 0 Å². The summed E-state index contributed by atoms with van der Waals surface area (Å²) in [7, 11) is 0. The Morgan fingerprint density at radius 2 is 2.07 bits per heavy atom. The summed E-state index contributed by atoms with van der Waals surface area (Å²) in [5.41, 5.74) is 6.28. The van der Waals surface area contributed by atoms with Crippen LogP contribution in [0.4, 0.5) is 0 Å². The van der Waals surface area contributed by atoms with E-state index in [1.54, 1.807) is 0 Å². The average Bonchev–Trinajstić information content (AvgIpc) is 2.81. The highest BCUT2D eigenvalue weighted by molar-refractivity contribution is 4.98. The van der Waals surface area contributed by atoms with Crippen molar-refractivity contribution in [1.82, 2.24) is 4.90 Å². The van der Waals surface area contributed by atoms with E-state index in [4.69, 9.17) is 10.5 Å². The number of hydrogen-bond acceptors (Lipinski definition) is 3. The zero-order chi connectivity index (χ0) is 11.1. The second kappa shape index (κ2) is 3.72. The lowest BCUT2D eigenvalue weighted by Crippen LogP contribution is -2.53. The molecule has 0 spiro atoms. The van der Waals surface area contributed by atoms with Gasteiger partial charge in [-0.25, -0.2) is 0 Å². The third-order valence-electron chi connectivity index (χ3n) is 3.59. The van der Waals surface area contributed by atoms with Crippen LogP contribution in [-0.2, 0) is 4.74 Å². The van der Waals surface area contributed by atoms with E-state index in [-0.39, 0.29) is 5.60 Å². The first-order chi connectivity index (χ1) is 6.95. The molecule has 1 unspecified atom stereocenters. The first-order valence-corrected chi connectivity index (χ1v) is 6.05. The number of nitrogens with two attached hydrogens (primary N) is 1. The van der Waals surface area contributed by atoms with E-state index >= 15 is 0 Å².